The molecule has 8 heteroatoms. The molecule has 0 saturated carbocycles. The lowest BCUT2D eigenvalue weighted by Crippen LogP contribution is -2.48. The second kappa shape index (κ2) is 9.17. The van der Waals surface area contributed by atoms with Crippen molar-refractivity contribution in [2.45, 2.75) is 5.25 Å². The van der Waals surface area contributed by atoms with Crippen LogP contribution < -0.4 is 10.1 Å². The largest absolute Gasteiger partial charge is 0.484 e. The number of nitrogens with zero attached hydrogens (tertiary/aromatic N) is 1. The number of carbonyl (C=O) groups is 3. The van der Waals surface area contributed by atoms with Gasteiger partial charge >= 0.3 is 5.97 Å². The second-order valence-corrected chi connectivity index (χ2v) is 6.41. The summed E-state index contributed by atoms with van der Waals surface area (Å²) in [5.74, 6) is 0.322. The number of carbonyl (C=O) groups excluding carboxylic acids is 3. The number of thioether (sulfide) groups is 1. The monoisotopic (exact) mass is 352 g/mol. The molecule has 1 atom stereocenters. The lowest BCUT2D eigenvalue weighted by molar-refractivity contribution is -0.141. The standard InChI is InChI=1S/C16H20N2O5S/c1-22-16(21)13-10-18(7-8-24-13)15(20)9-17-14(19)11-23-12-5-3-2-4-6-12/h2-6,13H,7-11H2,1H3,(H,17,19)/t13-/m0/s1. The highest BCUT2D eigenvalue weighted by atomic mass is 32.2. The summed E-state index contributed by atoms with van der Waals surface area (Å²) < 4.78 is 10.0. The molecule has 130 valence electrons. The van der Waals surface area contributed by atoms with Crippen molar-refractivity contribution in [3.63, 3.8) is 0 Å². The Hall–Kier alpha value is -2.22. The minimum Gasteiger partial charge on any atom is -0.484 e. The Balaban J connectivity index is 1.72. The van der Waals surface area contributed by atoms with Gasteiger partial charge in [0.15, 0.2) is 6.61 Å². The summed E-state index contributed by atoms with van der Waals surface area (Å²) in [4.78, 5) is 37.0. The fourth-order valence-electron chi connectivity index (χ4n) is 2.15. The van der Waals surface area contributed by atoms with Gasteiger partial charge in [-0.15, -0.1) is 11.8 Å². The molecule has 24 heavy (non-hydrogen) atoms. The van der Waals surface area contributed by atoms with Crippen LogP contribution in [0.25, 0.3) is 0 Å². The summed E-state index contributed by atoms with van der Waals surface area (Å²) in [6.45, 7) is 0.577. The van der Waals surface area contributed by atoms with Crippen LogP contribution in [-0.4, -0.2) is 67.0 Å². The molecule has 0 unspecified atom stereocenters. The molecule has 1 N–H and O–H groups in total. The fraction of sp³-hybridized carbons (Fsp3) is 0.438. The van der Waals surface area contributed by atoms with Crippen molar-refractivity contribution in [1.29, 1.82) is 0 Å². The van der Waals surface area contributed by atoms with Gasteiger partial charge in [0.1, 0.15) is 11.0 Å². The first-order valence-electron chi connectivity index (χ1n) is 7.52. The Morgan fingerprint density at radius 2 is 2.04 bits per heavy atom. The van der Waals surface area contributed by atoms with E-state index in [0.717, 1.165) is 0 Å². The molecule has 1 fully saturated rings. The topological polar surface area (TPSA) is 84.9 Å². The molecule has 2 amide bonds. The third-order valence-corrected chi connectivity index (χ3v) is 4.60. The van der Waals surface area contributed by atoms with E-state index in [1.165, 1.54) is 18.9 Å². The van der Waals surface area contributed by atoms with Crippen molar-refractivity contribution < 1.29 is 23.9 Å². The predicted molar refractivity (Wildman–Crippen MR) is 89.8 cm³/mol. The van der Waals surface area contributed by atoms with Crippen molar-refractivity contribution >= 4 is 29.5 Å². The van der Waals surface area contributed by atoms with Gasteiger partial charge in [-0.25, -0.2) is 0 Å². The van der Waals surface area contributed by atoms with Gasteiger partial charge in [-0.05, 0) is 12.1 Å². The average molecular weight is 352 g/mol. The highest BCUT2D eigenvalue weighted by Gasteiger charge is 2.29. The smallest absolute Gasteiger partial charge is 0.320 e. The molecular formula is C16H20N2O5S. The number of methoxy groups -OCH3 is 1. The summed E-state index contributed by atoms with van der Waals surface area (Å²) in [5, 5.41) is 2.16. The summed E-state index contributed by atoms with van der Waals surface area (Å²) in [5.41, 5.74) is 0. The van der Waals surface area contributed by atoms with E-state index in [1.54, 1.807) is 17.0 Å². The Morgan fingerprint density at radius 1 is 1.29 bits per heavy atom. The van der Waals surface area contributed by atoms with Gasteiger partial charge in [-0.3, -0.25) is 14.4 Å². The van der Waals surface area contributed by atoms with E-state index in [0.29, 0.717) is 24.6 Å². The zero-order valence-corrected chi connectivity index (χ0v) is 14.2. The van der Waals surface area contributed by atoms with Gasteiger partial charge in [0.05, 0.1) is 13.7 Å². The maximum atomic E-state index is 12.1. The molecule has 0 radical (unpaired) electrons. The molecule has 0 aliphatic carbocycles. The van der Waals surface area contributed by atoms with Crippen LogP contribution in [0.3, 0.4) is 0 Å². The van der Waals surface area contributed by atoms with Crippen molar-refractivity contribution in [2.75, 3.05) is 39.1 Å². The molecule has 1 aromatic carbocycles. The number of benzene rings is 1. The fourth-order valence-corrected chi connectivity index (χ4v) is 3.28. The van der Waals surface area contributed by atoms with E-state index in [1.807, 2.05) is 18.2 Å². The molecule has 2 rings (SSSR count). The summed E-state index contributed by atoms with van der Waals surface area (Å²) in [7, 11) is 1.33. The lowest BCUT2D eigenvalue weighted by atomic mass is 10.3. The van der Waals surface area contributed by atoms with Crippen molar-refractivity contribution in [3.8, 4) is 5.75 Å². The third-order valence-electron chi connectivity index (χ3n) is 3.43. The van der Waals surface area contributed by atoms with Crippen LogP contribution in [0.15, 0.2) is 30.3 Å². The van der Waals surface area contributed by atoms with Gasteiger partial charge in [0.25, 0.3) is 5.91 Å². The van der Waals surface area contributed by atoms with Gasteiger partial charge in [-0.1, -0.05) is 18.2 Å². The first-order valence-corrected chi connectivity index (χ1v) is 8.57. The first kappa shape index (κ1) is 18.1. The molecule has 1 saturated heterocycles. The zero-order valence-electron chi connectivity index (χ0n) is 13.4. The molecular weight excluding hydrogens is 332 g/mol. The van der Waals surface area contributed by atoms with E-state index in [2.05, 4.69) is 5.32 Å². The van der Waals surface area contributed by atoms with Crippen LogP contribution in [0.5, 0.6) is 5.75 Å². The highest BCUT2D eigenvalue weighted by molar-refractivity contribution is 8.00. The number of esters is 1. The summed E-state index contributed by atoms with van der Waals surface area (Å²) in [6, 6.07) is 8.96. The van der Waals surface area contributed by atoms with Crippen molar-refractivity contribution in [2.24, 2.45) is 0 Å². The number of amides is 2. The molecule has 0 aromatic heterocycles. The number of para-hydroxylation sites is 1. The van der Waals surface area contributed by atoms with E-state index >= 15 is 0 Å². The normalized spacial score (nSPS) is 17.0. The minimum absolute atomic E-state index is 0.116. The predicted octanol–water partition coefficient (Wildman–Crippen LogP) is 0.299. The molecule has 1 heterocycles. The first-order chi connectivity index (χ1) is 11.6. The molecule has 1 aromatic rings. The zero-order chi connectivity index (χ0) is 17.4. The van der Waals surface area contributed by atoms with Crippen LogP contribution in [0.1, 0.15) is 0 Å². The van der Waals surface area contributed by atoms with Gasteiger partial charge in [0, 0.05) is 18.8 Å². The molecule has 7 nitrogen and oxygen atoms in total. The number of hydrogen-bond acceptors (Lipinski definition) is 6. The van der Waals surface area contributed by atoms with Crippen molar-refractivity contribution in [3.05, 3.63) is 30.3 Å². The average Bonchev–Trinajstić information content (AvgIpc) is 2.64. The van der Waals surface area contributed by atoms with E-state index in [9.17, 15) is 14.4 Å². The third kappa shape index (κ3) is 5.45. The number of hydrogen-bond donors (Lipinski definition) is 1. The SMILES string of the molecule is COC(=O)[C@@H]1CN(C(=O)CNC(=O)COc2ccccc2)CCS1. The van der Waals surface area contributed by atoms with Gasteiger partial charge in [-0.2, -0.15) is 0 Å². The number of nitrogens with one attached hydrogen (secondary N) is 1. The van der Waals surface area contributed by atoms with Crippen LogP contribution >= 0.6 is 11.8 Å². The second-order valence-electron chi connectivity index (χ2n) is 5.10. The number of rotatable bonds is 6. The Kier molecular flexibility index (Phi) is 6.92. The summed E-state index contributed by atoms with van der Waals surface area (Å²) in [6.07, 6.45) is 0. The molecule has 0 bridgehead atoms. The van der Waals surface area contributed by atoms with E-state index < -0.39 is 0 Å². The lowest BCUT2D eigenvalue weighted by Gasteiger charge is -2.31. The quantitative estimate of drug-likeness (QED) is 0.741. The van der Waals surface area contributed by atoms with Crippen LogP contribution in [0.4, 0.5) is 0 Å². The molecule has 1 aliphatic rings. The molecule has 1 aliphatic heterocycles. The maximum Gasteiger partial charge on any atom is 0.320 e. The Morgan fingerprint density at radius 3 is 2.75 bits per heavy atom. The maximum absolute atomic E-state index is 12.1. The minimum atomic E-state index is -0.372. The Bertz CT molecular complexity index is 581. The Labute approximate surface area is 144 Å². The summed E-state index contributed by atoms with van der Waals surface area (Å²) >= 11 is 1.47. The van der Waals surface area contributed by atoms with Gasteiger partial charge < -0.3 is 19.7 Å². The van der Waals surface area contributed by atoms with Crippen LogP contribution in [0, 0.1) is 0 Å². The number of ether oxygens (including phenoxy) is 2. The van der Waals surface area contributed by atoms with Crippen molar-refractivity contribution in [1.82, 2.24) is 10.2 Å². The van der Waals surface area contributed by atoms with Crippen LogP contribution in [-0.2, 0) is 19.1 Å². The van der Waals surface area contributed by atoms with Crippen LogP contribution in [0.2, 0.25) is 0 Å². The van der Waals surface area contributed by atoms with Gasteiger partial charge in [0.2, 0.25) is 5.91 Å². The molecule has 0 spiro atoms. The van der Waals surface area contributed by atoms with E-state index in [4.69, 9.17) is 9.47 Å². The highest BCUT2D eigenvalue weighted by Crippen LogP contribution is 2.19. The van der Waals surface area contributed by atoms with E-state index in [-0.39, 0.29) is 36.2 Å².